The van der Waals surface area contributed by atoms with Gasteiger partial charge in [0.15, 0.2) is 5.82 Å². The number of likely N-dealkylation sites (tertiary alicyclic amines) is 1. The van der Waals surface area contributed by atoms with Gasteiger partial charge in [0.2, 0.25) is 0 Å². The van der Waals surface area contributed by atoms with Crippen LogP contribution in [0.4, 0.5) is 15.8 Å². The van der Waals surface area contributed by atoms with Gasteiger partial charge in [-0.05, 0) is 87.7 Å². The average Bonchev–Trinajstić information content (AvgIpc) is 3.57. The van der Waals surface area contributed by atoms with Gasteiger partial charge in [0.1, 0.15) is 17.2 Å². The van der Waals surface area contributed by atoms with Crippen LogP contribution in [0, 0.1) is 11.2 Å². The largest absolute Gasteiger partial charge is 0.371 e. The van der Waals surface area contributed by atoms with E-state index in [1.54, 1.807) is 18.5 Å². The molecule has 8 nitrogen and oxygen atoms in total. The molecule has 4 heterocycles. The van der Waals surface area contributed by atoms with E-state index in [1.807, 2.05) is 30.5 Å². The highest BCUT2D eigenvalue weighted by Gasteiger charge is 2.43. The second-order valence-electron chi connectivity index (χ2n) is 11.3. The molecule has 2 aliphatic heterocycles. The smallest absolute Gasteiger partial charge is 0.273 e. The number of aromatic amines is 1. The van der Waals surface area contributed by atoms with Crippen LogP contribution < -0.4 is 10.2 Å². The predicted molar refractivity (Wildman–Crippen MR) is 151 cm³/mol. The van der Waals surface area contributed by atoms with Gasteiger partial charge in [-0.1, -0.05) is 0 Å². The van der Waals surface area contributed by atoms with Crippen LogP contribution in [0.3, 0.4) is 0 Å². The van der Waals surface area contributed by atoms with Crippen molar-refractivity contribution < 1.29 is 9.18 Å². The number of nitrogens with zero attached hydrogens (tertiary/aromatic N) is 5. The van der Waals surface area contributed by atoms with Crippen LogP contribution >= 0.6 is 0 Å². The number of imidazole rings is 2. The van der Waals surface area contributed by atoms with Crippen LogP contribution in [0.1, 0.15) is 43.2 Å². The van der Waals surface area contributed by atoms with Gasteiger partial charge in [0.05, 0.1) is 18.2 Å². The third kappa shape index (κ3) is 4.94. The van der Waals surface area contributed by atoms with E-state index in [2.05, 4.69) is 49.2 Å². The topological polar surface area (TPSA) is 82.1 Å². The fraction of sp³-hybridized carbons (Fsp3) is 0.367. The molecule has 0 bridgehead atoms. The lowest BCUT2D eigenvalue weighted by Crippen LogP contribution is -2.58. The maximum Gasteiger partial charge on any atom is 0.273 e. The molecule has 1 spiro atoms. The van der Waals surface area contributed by atoms with Gasteiger partial charge in [-0.15, -0.1) is 0 Å². The Kier molecular flexibility index (Phi) is 6.46. The number of carbonyl (C=O) groups is 1. The molecule has 2 aromatic carbocycles. The lowest BCUT2D eigenvalue weighted by molar-refractivity contribution is 0.00132. The van der Waals surface area contributed by atoms with Crippen LogP contribution in [0.25, 0.3) is 22.8 Å². The zero-order valence-electron chi connectivity index (χ0n) is 22.6. The van der Waals surface area contributed by atoms with E-state index in [-0.39, 0.29) is 17.8 Å². The molecule has 39 heavy (non-hydrogen) atoms. The van der Waals surface area contributed by atoms with Gasteiger partial charge in [-0.3, -0.25) is 4.79 Å². The Labute approximate surface area is 227 Å². The summed E-state index contributed by atoms with van der Waals surface area (Å²) in [5.41, 5.74) is 4.99. The Morgan fingerprint density at radius 3 is 2.36 bits per heavy atom. The van der Waals surface area contributed by atoms with Crippen molar-refractivity contribution in [3.63, 3.8) is 0 Å². The summed E-state index contributed by atoms with van der Waals surface area (Å²) >= 11 is 0. The van der Waals surface area contributed by atoms with Crippen LogP contribution in [-0.2, 0) is 0 Å². The SMILES string of the molecule is CC(C)n1cnc(-c2ccc(F)cc2)c1-c1ncc(C(=O)Nc2ccc(N3CCC4(CC3)CN(C)C4)cc2)[nH]1. The van der Waals surface area contributed by atoms with Crippen molar-refractivity contribution in [3.05, 3.63) is 72.6 Å². The Morgan fingerprint density at radius 2 is 1.72 bits per heavy atom. The standard InChI is InChI=1S/C30H34FN7O/c1-20(2)38-19-33-26(21-4-6-22(31)7-5-21)27(38)28-32-16-25(35-28)29(39)34-23-8-10-24(11-9-23)37-14-12-30(13-15-37)17-36(3)18-30/h4-11,16,19-20H,12-15,17-18H2,1-3H3,(H,32,35)(H,34,39). The maximum atomic E-state index is 13.5. The first-order valence-corrected chi connectivity index (χ1v) is 13.5. The van der Waals surface area contributed by atoms with Crippen LogP contribution in [-0.4, -0.2) is 63.6 Å². The molecule has 0 atom stereocenters. The number of nitrogens with one attached hydrogen (secondary N) is 2. The number of halogens is 1. The highest BCUT2D eigenvalue weighted by Crippen LogP contribution is 2.40. The molecule has 9 heteroatoms. The van der Waals surface area contributed by atoms with E-state index in [9.17, 15) is 9.18 Å². The molecule has 0 unspecified atom stereocenters. The van der Waals surface area contributed by atoms with Crippen molar-refractivity contribution >= 4 is 17.3 Å². The summed E-state index contributed by atoms with van der Waals surface area (Å²) in [4.78, 5) is 30.2. The predicted octanol–water partition coefficient (Wildman–Crippen LogP) is 5.44. The number of amides is 1. The lowest BCUT2D eigenvalue weighted by Gasteiger charge is -2.53. The van der Waals surface area contributed by atoms with Crippen molar-refractivity contribution in [2.75, 3.05) is 43.4 Å². The van der Waals surface area contributed by atoms with Gasteiger partial charge >= 0.3 is 0 Å². The molecule has 202 valence electrons. The molecule has 2 aliphatic rings. The van der Waals surface area contributed by atoms with Crippen LogP contribution in [0.5, 0.6) is 0 Å². The van der Waals surface area contributed by atoms with Gasteiger partial charge in [-0.2, -0.15) is 0 Å². The summed E-state index contributed by atoms with van der Waals surface area (Å²) in [5, 5.41) is 2.97. The molecule has 4 aromatic rings. The molecule has 2 N–H and O–H groups in total. The van der Waals surface area contributed by atoms with E-state index in [0.717, 1.165) is 30.0 Å². The van der Waals surface area contributed by atoms with Crippen molar-refractivity contribution in [1.29, 1.82) is 0 Å². The molecule has 1 amide bonds. The average molecular weight is 528 g/mol. The number of H-pyrrole nitrogens is 1. The summed E-state index contributed by atoms with van der Waals surface area (Å²) in [7, 11) is 2.20. The maximum absolute atomic E-state index is 13.5. The first-order valence-electron chi connectivity index (χ1n) is 13.5. The number of carbonyl (C=O) groups excluding carboxylic acids is 1. The van der Waals surface area contributed by atoms with E-state index in [1.165, 1.54) is 49.9 Å². The summed E-state index contributed by atoms with van der Waals surface area (Å²) in [6, 6.07) is 14.4. The fourth-order valence-electron chi connectivity index (χ4n) is 5.97. The first-order chi connectivity index (χ1) is 18.8. The molecule has 0 radical (unpaired) electrons. The molecule has 6 rings (SSSR count). The summed E-state index contributed by atoms with van der Waals surface area (Å²) in [6.45, 7) is 8.68. The fourth-order valence-corrected chi connectivity index (χ4v) is 5.97. The van der Waals surface area contributed by atoms with Crippen LogP contribution in [0.15, 0.2) is 61.1 Å². The molecule has 0 saturated carbocycles. The quantitative estimate of drug-likeness (QED) is 0.349. The van der Waals surface area contributed by atoms with E-state index < -0.39 is 0 Å². The number of hydrogen-bond donors (Lipinski definition) is 2. The molecular weight excluding hydrogens is 493 g/mol. The third-order valence-electron chi connectivity index (χ3n) is 8.04. The third-order valence-corrected chi connectivity index (χ3v) is 8.04. The number of benzene rings is 2. The Bertz CT molecular complexity index is 1460. The van der Waals surface area contributed by atoms with E-state index in [4.69, 9.17) is 0 Å². The van der Waals surface area contributed by atoms with Crippen molar-refractivity contribution in [2.45, 2.75) is 32.7 Å². The second-order valence-corrected chi connectivity index (χ2v) is 11.3. The second kappa shape index (κ2) is 9.96. The Hall–Kier alpha value is -3.98. The van der Waals surface area contributed by atoms with E-state index >= 15 is 0 Å². The minimum Gasteiger partial charge on any atom is -0.371 e. The van der Waals surface area contributed by atoms with Crippen molar-refractivity contribution in [1.82, 2.24) is 24.4 Å². The number of piperidine rings is 1. The molecule has 0 aliphatic carbocycles. The highest BCUT2D eigenvalue weighted by molar-refractivity contribution is 6.03. The number of anilines is 2. The summed E-state index contributed by atoms with van der Waals surface area (Å²) < 4.78 is 15.5. The lowest BCUT2D eigenvalue weighted by atomic mass is 9.72. The monoisotopic (exact) mass is 527 g/mol. The van der Waals surface area contributed by atoms with Gasteiger partial charge in [-0.25, -0.2) is 14.4 Å². The van der Waals surface area contributed by atoms with Crippen molar-refractivity contribution in [2.24, 2.45) is 5.41 Å². The molecule has 2 saturated heterocycles. The minimum absolute atomic E-state index is 0.114. The Balaban J connectivity index is 1.15. The first kappa shape index (κ1) is 25.3. The number of hydrogen-bond acceptors (Lipinski definition) is 5. The minimum atomic E-state index is -0.306. The van der Waals surface area contributed by atoms with Gasteiger partial charge in [0, 0.05) is 49.2 Å². The Morgan fingerprint density at radius 1 is 1.03 bits per heavy atom. The van der Waals surface area contributed by atoms with Gasteiger partial charge in [0.25, 0.3) is 5.91 Å². The molecular formula is C30H34FN7O. The normalized spacial score (nSPS) is 17.0. The molecule has 2 aromatic heterocycles. The van der Waals surface area contributed by atoms with Gasteiger partial charge < -0.3 is 24.7 Å². The summed E-state index contributed by atoms with van der Waals surface area (Å²) in [5.74, 6) is -0.0457. The molecule has 2 fully saturated rings. The van der Waals surface area contributed by atoms with E-state index in [0.29, 0.717) is 22.6 Å². The zero-order valence-corrected chi connectivity index (χ0v) is 22.6. The summed E-state index contributed by atoms with van der Waals surface area (Å²) in [6.07, 6.45) is 5.75. The number of aromatic nitrogens is 4. The van der Waals surface area contributed by atoms with Crippen molar-refractivity contribution in [3.8, 4) is 22.8 Å². The zero-order chi connectivity index (χ0) is 27.1. The van der Waals surface area contributed by atoms with Crippen LogP contribution in [0.2, 0.25) is 0 Å². The number of rotatable bonds is 6. The highest BCUT2D eigenvalue weighted by atomic mass is 19.1.